The number of nitrogens with zero attached hydrogens (tertiary/aromatic N) is 4. The molecular formula is C57H66Cl2N8O4Si. The monoisotopic (exact) mass is 1020 g/mol. The number of benzene rings is 6. The second-order valence-corrected chi connectivity index (χ2v) is 23.5. The van der Waals surface area contributed by atoms with E-state index in [0.29, 0.717) is 36.3 Å². The van der Waals surface area contributed by atoms with E-state index in [1.165, 1.54) is 11.1 Å². The highest BCUT2D eigenvalue weighted by atomic mass is 35.5. The Hall–Kier alpha value is -7.13. The Morgan fingerprint density at radius 3 is 1.43 bits per heavy atom. The molecular weight excluding hydrogens is 960 g/mol. The first kappa shape index (κ1) is 57.4. The summed E-state index contributed by atoms with van der Waals surface area (Å²) >= 11 is 11.8. The minimum atomic E-state index is -1.33. The van der Waals surface area contributed by atoms with Crippen LogP contribution in [0.15, 0.2) is 143 Å². The summed E-state index contributed by atoms with van der Waals surface area (Å²) in [5.41, 5.74) is 16.2. The lowest BCUT2D eigenvalue weighted by Gasteiger charge is -2.36. The molecule has 2 fully saturated rings. The number of nitriles is 2. The van der Waals surface area contributed by atoms with Gasteiger partial charge in [0.25, 0.3) is 0 Å². The SMILES string of the molecule is C.C.C.C[Si](C)(C)C#N.N#CC1(Nc2ccc3c(c2)NC(=NCc2ccc(Oc4ccc(Cl)cc4)cc2)C3)CCC1.Nc1ccc2c(c1)NC(=NCc1ccc(Oc3ccc(Cl)cc3)cc1)C2.O=C1COC1. The minimum Gasteiger partial charge on any atom is -0.457 e. The number of hydrogen-bond donors (Lipinski definition) is 4. The van der Waals surface area contributed by atoms with Crippen LogP contribution in [0.2, 0.25) is 29.7 Å². The lowest BCUT2D eigenvalue weighted by atomic mass is 9.78. The van der Waals surface area contributed by atoms with Crippen molar-refractivity contribution in [3.8, 4) is 34.8 Å². The van der Waals surface area contributed by atoms with Gasteiger partial charge in [0.05, 0.1) is 19.2 Å². The molecule has 0 atom stereocenters. The van der Waals surface area contributed by atoms with Crippen molar-refractivity contribution in [3.05, 3.63) is 166 Å². The van der Waals surface area contributed by atoms with Crippen LogP contribution in [0.3, 0.4) is 0 Å². The van der Waals surface area contributed by atoms with Crippen molar-refractivity contribution in [2.75, 3.05) is 34.9 Å². The number of Topliss-reactive ketones (excluding diaryl/α,β-unsaturated/α-hetero) is 1. The lowest BCUT2D eigenvalue weighted by Crippen LogP contribution is -2.43. The van der Waals surface area contributed by atoms with Crippen molar-refractivity contribution >= 4 is 71.5 Å². The van der Waals surface area contributed by atoms with E-state index < -0.39 is 13.6 Å². The standard InChI is InChI=1S/C26H23ClN4O.C21H18ClN3O.C4H9NSi.C3H4O2.3CH4/c27-20-5-10-23(11-6-20)32-22-8-2-18(3-9-22)16-29-25-14-19-4-7-21(15-24(19)30-25)31-26(17-28)12-1-13-26;22-16-4-9-19(10-5-16)26-18-7-1-14(2-8-18)13-24-21-11-15-3-6-17(23)12-20(15)25-21;1-6(2,3)4-5;4-3-1-5-2-3;;;/h2-11,15,31H,1,12-14,16H2,(H,29,30);1-10,12H,11,13,23H2,(H,24,25);1-3H3;1-2H2;3*1H4. The van der Waals surface area contributed by atoms with Gasteiger partial charge in [-0.1, -0.05) is 102 Å². The van der Waals surface area contributed by atoms with Gasteiger partial charge in [-0.2, -0.15) is 5.26 Å². The first-order valence-electron chi connectivity index (χ1n) is 22.6. The van der Waals surface area contributed by atoms with E-state index in [4.69, 9.17) is 48.7 Å². The molecule has 15 heteroatoms. The molecule has 1 saturated carbocycles. The molecule has 1 aliphatic carbocycles. The van der Waals surface area contributed by atoms with Crippen LogP contribution in [0.1, 0.15) is 63.8 Å². The Morgan fingerprint density at radius 2 is 1.07 bits per heavy atom. The average Bonchev–Trinajstić information content (AvgIpc) is 3.94. The van der Waals surface area contributed by atoms with Crippen LogP contribution in [0.4, 0.5) is 22.7 Å². The molecule has 3 heterocycles. The quantitative estimate of drug-likeness (QED) is 0.0762. The molecule has 5 N–H and O–H groups in total. The third kappa shape index (κ3) is 17.3. The van der Waals surface area contributed by atoms with Gasteiger partial charge in [-0.05, 0) is 139 Å². The molecule has 12 nitrogen and oxygen atoms in total. The van der Waals surface area contributed by atoms with Crippen LogP contribution in [0, 0.1) is 22.3 Å². The highest BCUT2D eigenvalue weighted by Crippen LogP contribution is 2.37. The zero-order chi connectivity index (χ0) is 48.8. The number of halogens is 2. The molecule has 0 aromatic heterocycles. The Morgan fingerprint density at radius 1 is 0.667 bits per heavy atom. The van der Waals surface area contributed by atoms with Gasteiger partial charge in [0.15, 0.2) is 13.9 Å². The Bertz CT molecular complexity index is 2860. The number of nitrogens with one attached hydrogen (secondary N) is 3. The molecule has 1 saturated heterocycles. The van der Waals surface area contributed by atoms with Gasteiger partial charge >= 0.3 is 0 Å². The number of anilines is 4. The first-order valence-corrected chi connectivity index (χ1v) is 26.8. The van der Waals surface area contributed by atoms with E-state index in [9.17, 15) is 10.1 Å². The Kier molecular flexibility index (Phi) is 21.5. The van der Waals surface area contributed by atoms with E-state index in [1.807, 2.05) is 135 Å². The van der Waals surface area contributed by atoms with Gasteiger partial charge in [0, 0.05) is 51.3 Å². The molecule has 10 rings (SSSR count). The molecule has 376 valence electrons. The molecule has 0 spiro atoms. The summed E-state index contributed by atoms with van der Waals surface area (Å²) in [7, 11) is -1.33. The average molecular weight is 1030 g/mol. The number of nitrogen functional groups attached to an aromatic ring is 1. The summed E-state index contributed by atoms with van der Waals surface area (Å²) in [4.78, 5) is 19.2. The fourth-order valence-electron chi connectivity index (χ4n) is 6.97. The summed E-state index contributed by atoms with van der Waals surface area (Å²) in [6.45, 7) is 7.97. The zero-order valence-corrected chi connectivity index (χ0v) is 41.3. The fourth-order valence-corrected chi connectivity index (χ4v) is 7.23. The number of nitrogens with two attached hydrogens (primary N) is 1. The van der Waals surface area contributed by atoms with Crippen LogP contribution in [0.5, 0.6) is 23.0 Å². The molecule has 72 heavy (non-hydrogen) atoms. The van der Waals surface area contributed by atoms with E-state index in [1.54, 1.807) is 0 Å². The normalized spacial score (nSPS) is 15.1. The molecule has 6 aromatic carbocycles. The highest BCUT2D eigenvalue weighted by Gasteiger charge is 2.37. The van der Waals surface area contributed by atoms with Gasteiger partial charge in [0.1, 0.15) is 53.4 Å². The number of amidine groups is 2. The molecule has 0 unspecified atom stereocenters. The topological polar surface area (TPSA) is 179 Å². The predicted molar refractivity (Wildman–Crippen MR) is 301 cm³/mol. The van der Waals surface area contributed by atoms with Crippen molar-refractivity contribution < 1.29 is 19.0 Å². The summed E-state index contributed by atoms with van der Waals surface area (Å²) < 4.78 is 16.1. The van der Waals surface area contributed by atoms with Crippen LogP contribution >= 0.6 is 23.2 Å². The van der Waals surface area contributed by atoms with Crippen LogP contribution in [0.25, 0.3) is 0 Å². The number of carbonyl (C=O) groups is 1. The minimum absolute atomic E-state index is 0. The maximum atomic E-state index is 9.77. The first-order chi connectivity index (χ1) is 33.2. The van der Waals surface area contributed by atoms with Crippen LogP contribution in [-0.2, 0) is 35.5 Å². The number of rotatable bonds is 10. The molecule has 0 bridgehead atoms. The second-order valence-electron chi connectivity index (χ2n) is 17.9. The Balaban J connectivity index is 0.000000252. The van der Waals surface area contributed by atoms with Gasteiger partial charge in [-0.3, -0.25) is 14.8 Å². The predicted octanol–water partition coefficient (Wildman–Crippen LogP) is 14.7. The molecule has 3 aliphatic heterocycles. The van der Waals surface area contributed by atoms with E-state index in [-0.39, 0.29) is 28.1 Å². The van der Waals surface area contributed by atoms with E-state index >= 15 is 0 Å². The van der Waals surface area contributed by atoms with Crippen molar-refractivity contribution in [1.82, 2.24) is 0 Å². The van der Waals surface area contributed by atoms with Gasteiger partial charge in [-0.15, -0.1) is 0 Å². The summed E-state index contributed by atoms with van der Waals surface area (Å²) in [5, 5.41) is 29.2. The third-order valence-electron chi connectivity index (χ3n) is 11.0. The largest absolute Gasteiger partial charge is 0.457 e. The zero-order valence-electron chi connectivity index (χ0n) is 38.8. The summed E-state index contributed by atoms with van der Waals surface area (Å²) in [6, 6.07) is 45.1. The summed E-state index contributed by atoms with van der Waals surface area (Å²) in [6.07, 6.45) is 4.52. The smallest absolute Gasteiger partial charge is 0.184 e. The van der Waals surface area contributed by atoms with Crippen molar-refractivity contribution in [2.24, 2.45) is 9.98 Å². The third-order valence-corrected chi connectivity index (χ3v) is 12.2. The van der Waals surface area contributed by atoms with Crippen molar-refractivity contribution in [2.45, 2.75) is 92.7 Å². The molecule has 6 aromatic rings. The fraction of sp³-hybridized carbons (Fsp3) is 0.281. The maximum absolute atomic E-state index is 9.77. The van der Waals surface area contributed by atoms with Gasteiger partial charge in [0.2, 0.25) is 0 Å². The van der Waals surface area contributed by atoms with E-state index in [2.05, 4.69) is 55.6 Å². The number of hydrogen-bond acceptors (Lipinski definition) is 10. The lowest BCUT2D eigenvalue weighted by molar-refractivity contribution is -0.140. The maximum Gasteiger partial charge on any atom is 0.184 e. The number of fused-ring (bicyclic) bond motifs is 2. The van der Waals surface area contributed by atoms with Crippen molar-refractivity contribution in [3.63, 3.8) is 0 Å². The molecule has 0 amide bonds. The molecule has 4 aliphatic rings. The highest BCUT2D eigenvalue weighted by molar-refractivity contribution is 6.83. The number of ether oxygens (including phenoxy) is 3. The summed E-state index contributed by atoms with van der Waals surface area (Å²) in [5.74, 6) is 5.20. The van der Waals surface area contributed by atoms with Crippen LogP contribution < -0.4 is 31.2 Å². The Labute approximate surface area is 436 Å². The van der Waals surface area contributed by atoms with Gasteiger partial charge in [-0.25, -0.2) is 5.26 Å². The number of carbonyl (C=O) groups excluding carboxylic acids is 1. The number of aliphatic imine (C=N–C) groups is 2. The van der Waals surface area contributed by atoms with E-state index in [0.717, 1.165) is 101 Å². The van der Waals surface area contributed by atoms with Crippen LogP contribution in [-0.4, -0.2) is 44.3 Å². The number of ketones is 1. The van der Waals surface area contributed by atoms with Gasteiger partial charge < -0.3 is 35.9 Å². The van der Waals surface area contributed by atoms with Crippen molar-refractivity contribution in [1.29, 1.82) is 10.5 Å². The second kappa shape index (κ2) is 26.9. The molecule has 0 radical (unpaired) electrons.